The topological polar surface area (TPSA) is 17.1 Å². The van der Waals surface area contributed by atoms with Crippen molar-refractivity contribution >= 4 is 11.6 Å². The molecule has 18 heavy (non-hydrogen) atoms. The predicted molar refractivity (Wildman–Crippen MR) is 72.0 cm³/mol. The minimum Gasteiger partial charge on any atom is -0.295 e. The van der Waals surface area contributed by atoms with Gasteiger partial charge in [0.05, 0.1) is 0 Å². The van der Waals surface area contributed by atoms with Crippen LogP contribution in [0.2, 0.25) is 0 Å². The van der Waals surface area contributed by atoms with Crippen molar-refractivity contribution in [3.05, 3.63) is 66.2 Å². The molecule has 0 heterocycles. The molecule has 0 radical (unpaired) electrons. The summed E-state index contributed by atoms with van der Waals surface area (Å²) >= 11 is 0. The second-order valence-corrected chi connectivity index (χ2v) is 4.08. The van der Waals surface area contributed by atoms with E-state index in [1.54, 1.807) is 24.3 Å². The lowest BCUT2D eigenvalue weighted by molar-refractivity contribution is 0.101. The van der Waals surface area contributed by atoms with Gasteiger partial charge in [0, 0.05) is 11.1 Å². The smallest absolute Gasteiger partial charge is 0.159 e. The summed E-state index contributed by atoms with van der Waals surface area (Å²) in [6, 6.07) is 14.3. The molecule has 0 amide bonds. The summed E-state index contributed by atoms with van der Waals surface area (Å²) in [6.45, 7) is 4.86. The maximum Gasteiger partial charge on any atom is 0.159 e. The van der Waals surface area contributed by atoms with Crippen LogP contribution < -0.4 is 0 Å². The number of benzene rings is 2. The summed E-state index contributed by atoms with van der Waals surface area (Å²) in [5, 5.41) is 0. The minimum absolute atomic E-state index is 0.0183. The third-order valence-corrected chi connectivity index (χ3v) is 2.82. The Morgan fingerprint density at radius 1 is 1.06 bits per heavy atom. The highest BCUT2D eigenvalue weighted by molar-refractivity contribution is 5.94. The number of hydrogen-bond acceptors (Lipinski definition) is 1. The molecule has 2 heteroatoms. The zero-order valence-corrected chi connectivity index (χ0v) is 10.1. The molecule has 0 saturated carbocycles. The first-order valence-corrected chi connectivity index (χ1v) is 5.65. The van der Waals surface area contributed by atoms with Gasteiger partial charge in [-0.25, -0.2) is 4.39 Å². The standard InChI is InChI=1S/C16H13FO/c1-11(17)15-5-3-4-6-16(15)14-9-7-13(8-10-14)12(2)18/h3-10H,1H2,2H3. The van der Waals surface area contributed by atoms with Gasteiger partial charge >= 0.3 is 0 Å². The van der Waals surface area contributed by atoms with Crippen LogP contribution in [0.5, 0.6) is 0 Å². The number of ketones is 1. The van der Waals surface area contributed by atoms with E-state index in [4.69, 9.17) is 0 Å². The van der Waals surface area contributed by atoms with E-state index in [1.165, 1.54) is 6.92 Å². The Kier molecular flexibility index (Phi) is 3.38. The lowest BCUT2D eigenvalue weighted by Crippen LogP contribution is -1.91. The number of halogens is 1. The van der Waals surface area contributed by atoms with Gasteiger partial charge in [-0.05, 0) is 18.1 Å². The molecule has 0 aliphatic rings. The molecule has 0 unspecified atom stereocenters. The molecule has 0 atom stereocenters. The van der Waals surface area contributed by atoms with Crippen LogP contribution in [0.25, 0.3) is 17.0 Å². The average molecular weight is 240 g/mol. The van der Waals surface area contributed by atoms with Gasteiger partial charge in [0.1, 0.15) is 5.83 Å². The highest BCUT2D eigenvalue weighted by atomic mass is 19.1. The monoisotopic (exact) mass is 240 g/mol. The molecule has 2 aromatic rings. The third-order valence-electron chi connectivity index (χ3n) is 2.82. The van der Waals surface area contributed by atoms with Gasteiger partial charge in [-0.2, -0.15) is 0 Å². The summed E-state index contributed by atoms with van der Waals surface area (Å²) in [6.07, 6.45) is 0. The van der Waals surface area contributed by atoms with Crippen LogP contribution in [0.15, 0.2) is 55.1 Å². The Morgan fingerprint density at radius 2 is 1.67 bits per heavy atom. The van der Waals surface area contributed by atoms with Crippen molar-refractivity contribution in [2.75, 3.05) is 0 Å². The molecule has 2 rings (SSSR count). The first-order chi connectivity index (χ1) is 8.59. The molecule has 0 fully saturated rings. The van der Waals surface area contributed by atoms with Gasteiger partial charge in [-0.1, -0.05) is 55.1 Å². The van der Waals surface area contributed by atoms with Crippen LogP contribution in [0.3, 0.4) is 0 Å². The summed E-state index contributed by atoms with van der Waals surface area (Å²) < 4.78 is 13.3. The fourth-order valence-corrected chi connectivity index (χ4v) is 1.86. The zero-order chi connectivity index (χ0) is 13.1. The van der Waals surface area contributed by atoms with Crippen LogP contribution in [0.1, 0.15) is 22.8 Å². The summed E-state index contributed by atoms with van der Waals surface area (Å²) in [5.74, 6) is -0.439. The van der Waals surface area contributed by atoms with E-state index in [2.05, 4.69) is 6.58 Å². The number of carbonyl (C=O) groups is 1. The maximum absolute atomic E-state index is 13.3. The lowest BCUT2D eigenvalue weighted by Gasteiger charge is -2.07. The quantitative estimate of drug-likeness (QED) is 0.722. The molecule has 1 nitrogen and oxygen atoms in total. The average Bonchev–Trinajstić information content (AvgIpc) is 2.39. The molecule has 0 spiro atoms. The highest BCUT2D eigenvalue weighted by Crippen LogP contribution is 2.28. The van der Waals surface area contributed by atoms with Crippen LogP contribution in [0, 0.1) is 0 Å². The van der Waals surface area contributed by atoms with E-state index in [9.17, 15) is 9.18 Å². The second-order valence-electron chi connectivity index (χ2n) is 4.08. The SMILES string of the molecule is C=C(F)c1ccccc1-c1ccc(C(C)=O)cc1. The van der Waals surface area contributed by atoms with Crippen molar-refractivity contribution in [3.8, 4) is 11.1 Å². The highest BCUT2D eigenvalue weighted by Gasteiger charge is 2.07. The predicted octanol–water partition coefficient (Wildman–Crippen LogP) is 4.50. The zero-order valence-electron chi connectivity index (χ0n) is 10.1. The van der Waals surface area contributed by atoms with Gasteiger partial charge in [0.2, 0.25) is 0 Å². The molecule has 0 aliphatic heterocycles. The Bertz CT molecular complexity index is 597. The fraction of sp³-hybridized carbons (Fsp3) is 0.0625. The van der Waals surface area contributed by atoms with Gasteiger partial charge < -0.3 is 0 Å². The lowest BCUT2D eigenvalue weighted by atomic mass is 9.98. The molecule has 90 valence electrons. The van der Waals surface area contributed by atoms with Crippen molar-refractivity contribution in [2.24, 2.45) is 0 Å². The van der Waals surface area contributed by atoms with Crippen LogP contribution in [0.4, 0.5) is 4.39 Å². The Hall–Kier alpha value is -2.22. The van der Waals surface area contributed by atoms with E-state index in [-0.39, 0.29) is 5.78 Å². The first kappa shape index (κ1) is 12.2. The molecule has 0 aliphatic carbocycles. The van der Waals surface area contributed by atoms with Crippen LogP contribution >= 0.6 is 0 Å². The molecule has 0 N–H and O–H groups in total. The largest absolute Gasteiger partial charge is 0.295 e. The second kappa shape index (κ2) is 4.96. The van der Waals surface area contributed by atoms with E-state index < -0.39 is 5.83 Å². The van der Waals surface area contributed by atoms with Crippen molar-refractivity contribution in [3.63, 3.8) is 0 Å². The first-order valence-electron chi connectivity index (χ1n) is 5.65. The van der Waals surface area contributed by atoms with E-state index in [0.717, 1.165) is 11.1 Å². The van der Waals surface area contributed by atoms with Gasteiger partial charge in [-0.15, -0.1) is 0 Å². The number of hydrogen-bond donors (Lipinski definition) is 0. The Morgan fingerprint density at radius 3 is 2.22 bits per heavy atom. The Balaban J connectivity index is 2.49. The van der Waals surface area contributed by atoms with Crippen molar-refractivity contribution < 1.29 is 9.18 Å². The maximum atomic E-state index is 13.3. The third kappa shape index (κ3) is 2.38. The molecular formula is C16H13FO. The molecule has 2 aromatic carbocycles. The summed E-state index contributed by atoms with van der Waals surface area (Å²) in [4.78, 5) is 11.2. The van der Waals surface area contributed by atoms with Crippen molar-refractivity contribution in [1.29, 1.82) is 0 Å². The minimum atomic E-state index is -0.457. The Labute approximate surface area is 106 Å². The van der Waals surface area contributed by atoms with Gasteiger partial charge in [0.15, 0.2) is 5.78 Å². The normalized spacial score (nSPS) is 10.1. The van der Waals surface area contributed by atoms with Crippen molar-refractivity contribution in [2.45, 2.75) is 6.92 Å². The van der Waals surface area contributed by atoms with E-state index in [1.807, 2.05) is 24.3 Å². The molecule has 0 aromatic heterocycles. The number of carbonyl (C=O) groups excluding carboxylic acids is 1. The molecule has 0 saturated heterocycles. The van der Waals surface area contributed by atoms with E-state index >= 15 is 0 Å². The van der Waals surface area contributed by atoms with Crippen molar-refractivity contribution in [1.82, 2.24) is 0 Å². The molecule has 0 bridgehead atoms. The number of rotatable bonds is 3. The molecular weight excluding hydrogens is 227 g/mol. The van der Waals surface area contributed by atoms with Gasteiger partial charge in [-0.3, -0.25) is 4.79 Å². The fourth-order valence-electron chi connectivity index (χ4n) is 1.86. The summed E-state index contributed by atoms with van der Waals surface area (Å²) in [5.41, 5.74) is 2.78. The van der Waals surface area contributed by atoms with Crippen LogP contribution in [-0.4, -0.2) is 5.78 Å². The number of Topliss-reactive ketones (excluding diaryl/α,β-unsaturated/α-hetero) is 1. The van der Waals surface area contributed by atoms with Gasteiger partial charge in [0.25, 0.3) is 0 Å². The van der Waals surface area contributed by atoms with E-state index in [0.29, 0.717) is 11.1 Å². The van der Waals surface area contributed by atoms with Crippen LogP contribution in [-0.2, 0) is 0 Å². The summed E-state index contributed by atoms with van der Waals surface area (Å²) in [7, 11) is 0.